The van der Waals surface area contributed by atoms with Gasteiger partial charge >= 0.3 is 0 Å². The maximum absolute atomic E-state index is 11.5. The topological polar surface area (TPSA) is 38.3 Å². The molecule has 0 bridgehead atoms. The SMILES string of the molecule is COCCCNC(=O)/C=C/c1ccc(SC)cc1. The Morgan fingerprint density at radius 3 is 2.72 bits per heavy atom. The molecule has 0 atom stereocenters. The van der Waals surface area contributed by atoms with Crippen molar-refractivity contribution in [3.05, 3.63) is 35.9 Å². The van der Waals surface area contributed by atoms with Gasteiger partial charge in [-0.05, 0) is 36.4 Å². The third-order valence-electron chi connectivity index (χ3n) is 2.37. The van der Waals surface area contributed by atoms with Crippen LogP contribution in [-0.2, 0) is 9.53 Å². The van der Waals surface area contributed by atoms with Gasteiger partial charge in [-0.15, -0.1) is 11.8 Å². The minimum Gasteiger partial charge on any atom is -0.385 e. The number of methoxy groups -OCH3 is 1. The molecule has 0 aliphatic rings. The summed E-state index contributed by atoms with van der Waals surface area (Å²) < 4.78 is 4.90. The average molecular weight is 265 g/mol. The Morgan fingerprint density at radius 1 is 1.39 bits per heavy atom. The van der Waals surface area contributed by atoms with Crippen LogP contribution in [0.25, 0.3) is 6.08 Å². The Hall–Kier alpha value is -1.26. The summed E-state index contributed by atoms with van der Waals surface area (Å²) in [6, 6.07) is 8.09. The van der Waals surface area contributed by atoms with Gasteiger partial charge in [0.25, 0.3) is 0 Å². The second-order valence-corrected chi connectivity index (χ2v) is 4.62. The first-order valence-electron chi connectivity index (χ1n) is 5.85. The maximum atomic E-state index is 11.5. The van der Waals surface area contributed by atoms with Gasteiger partial charge in [0.2, 0.25) is 5.91 Å². The summed E-state index contributed by atoms with van der Waals surface area (Å²) in [5.74, 6) is -0.0694. The summed E-state index contributed by atoms with van der Waals surface area (Å²) >= 11 is 1.70. The molecule has 1 N–H and O–H groups in total. The number of ether oxygens (including phenoxy) is 1. The quantitative estimate of drug-likeness (QED) is 0.468. The van der Waals surface area contributed by atoms with E-state index in [1.807, 2.05) is 36.6 Å². The molecule has 1 rings (SSSR count). The Bertz CT molecular complexity index is 387. The van der Waals surface area contributed by atoms with E-state index in [-0.39, 0.29) is 5.91 Å². The van der Waals surface area contributed by atoms with Crippen molar-refractivity contribution >= 4 is 23.7 Å². The Morgan fingerprint density at radius 2 is 2.11 bits per heavy atom. The van der Waals surface area contributed by atoms with Crippen molar-refractivity contribution < 1.29 is 9.53 Å². The first-order chi connectivity index (χ1) is 8.76. The van der Waals surface area contributed by atoms with Crippen LogP contribution >= 0.6 is 11.8 Å². The molecule has 0 saturated carbocycles. The van der Waals surface area contributed by atoms with Crippen molar-refractivity contribution in [2.24, 2.45) is 0 Å². The zero-order valence-corrected chi connectivity index (χ0v) is 11.6. The molecular weight excluding hydrogens is 246 g/mol. The Labute approximate surface area is 113 Å². The molecule has 0 aliphatic heterocycles. The van der Waals surface area contributed by atoms with Crippen molar-refractivity contribution in [2.75, 3.05) is 26.5 Å². The van der Waals surface area contributed by atoms with Gasteiger partial charge in [-0.2, -0.15) is 0 Å². The third kappa shape index (κ3) is 5.89. The predicted molar refractivity (Wildman–Crippen MR) is 76.8 cm³/mol. The third-order valence-corrected chi connectivity index (χ3v) is 3.11. The van der Waals surface area contributed by atoms with Gasteiger partial charge in [-0.25, -0.2) is 0 Å². The molecule has 18 heavy (non-hydrogen) atoms. The van der Waals surface area contributed by atoms with Crippen LogP contribution in [0, 0.1) is 0 Å². The van der Waals surface area contributed by atoms with Crippen LogP contribution in [-0.4, -0.2) is 32.4 Å². The van der Waals surface area contributed by atoms with Gasteiger partial charge in [0.05, 0.1) is 0 Å². The van der Waals surface area contributed by atoms with E-state index in [9.17, 15) is 4.79 Å². The van der Waals surface area contributed by atoms with E-state index in [4.69, 9.17) is 4.74 Å². The van der Waals surface area contributed by atoms with E-state index in [1.54, 1.807) is 24.9 Å². The summed E-state index contributed by atoms with van der Waals surface area (Å²) in [5, 5.41) is 2.80. The monoisotopic (exact) mass is 265 g/mol. The largest absolute Gasteiger partial charge is 0.385 e. The second kappa shape index (κ2) is 8.78. The number of carbonyl (C=O) groups is 1. The van der Waals surface area contributed by atoms with Crippen LogP contribution in [0.2, 0.25) is 0 Å². The van der Waals surface area contributed by atoms with Crippen molar-refractivity contribution in [3.63, 3.8) is 0 Å². The first-order valence-corrected chi connectivity index (χ1v) is 7.07. The lowest BCUT2D eigenvalue weighted by atomic mass is 10.2. The van der Waals surface area contributed by atoms with Crippen LogP contribution in [0.5, 0.6) is 0 Å². The van der Waals surface area contributed by atoms with Gasteiger partial charge in [0.1, 0.15) is 0 Å². The van der Waals surface area contributed by atoms with Gasteiger partial charge in [-0.3, -0.25) is 4.79 Å². The summed E-state index contributed by atoms with van der Waals surface area (Å²) in [4.78, 5) is 12.7. The van der Waals surface area contributed by atoms with E-state index >= 15 is 0 Å². The molecular formula is C14H19NO2S. The van der Waals surface area contributed by atoms with E-state index in [1.165, 1.54) is 4.90 Å². The minimum absolute atomic E-state index is 0.0694. The zero-order chi connectivity index (χ0) is 13.2. The molecule has 0 unspecified atom stereocenters. The summed E-state index contributed by atoms with van der Waals surface area (Å²) in [6.07, 6.45) is 6.24. The van der Waals surface area contributed by atoms with Crippen molar-refractivity contribution in [2.45, 2.75) is 11.3 Å². The normalized spacial score (nSPS) is 10.8. The molecule has 3 nitrogen and oxygen atoms in total. The van der Waals surface area contributed by atoms with E-state index in [0.29, 0.717) is 13.2 Å². The molecule has 0 radical (unpaired) electrons. The number of carbonyl (C=O) groups excluding carboxylic acids is 1. The van der Waals surface area contributed by atoms with Crippen LogP contribution < -0.4 is 5.32 Å². The lowest BCUT2D eigenvalue weighted by Crippen LogP contribution is -2.22. The number of hydrogen-bond acceptors (Lipinski definition) is 3. The van der Waals surface area contributed by atoms with E-state index in [0.717, 1.165) is 12.0 Å². The lowest BCUT2D eigenvalue weighted by Gasteiger charge is -2.01. The minimum atomic E-state index is -0.0694. The zero-order valence-electron chi connectivity index (χ0n) is 10.8. The molecule has 0 aliphatic carbocycles. The number of thioether (sulfide) groups is 1. The van der Waals surface area contributed by atoms with Crippen molar-refractivity contribution in [1.82, 2.24) is 5.32 Å². The molecule has 0 heterocycles. The molecule has 0 saturated heterocycles. The molecule has 1 aromatic carbocycles. The smallest absolute Gasteiger partial charge is 0.244 e. The molecule has 0 aromatic heterocycles. The van der Waals surface area contributed by atoms with Gasteiger partial charge in [0, 0.05) is 31.2 Å². The van der Waals surface area contributed by atoms with Gasteiger partial charge in [0.15, 0.2) is 0 Å². The molecule has 1 aromatic rings. The fraction of sp³-hybridized carbons (Fsp3) is 0.357. The average Bonchev–Trinajstić information content (AvgIpc) is 2.42. The molecule has 98 valence electrons. The summed E-state index contributed by atoms with van der Waals surface area (Å²) in [5.41, 5.74) is 1.03. The van der Waals surface area contributed by atoms with Gasteiger partial charge in [-0.1, -0.05) is 12.1 Å². The molecule has 0 spiro atoms. The number of hydrogen-bond donors (Lipinski definition) is 1. The second-order valence-electron chi connectivity index (χ2n) is 3.74. The van der Waals surface area contributed by atoms with Crippen LogP contribution in [0.15, 0.2) is 35.2 Å². The number of amides is 1. The molecule has 4 heteroatoms. The van der Waals surface area contributed by atoms with Crippen molar-refractivity contribution in [1.29, 1.82) is 0 Å². The molecule has 1 amide bonds. The van der Waals surface area contributed by atoms with E-state index in [2.05, 4.69) is 5.32 Å². The molecule has 0 fully saturated rings. The fourth-order valence-corrected chi connectivity index (χ4v) is 1.78. The standard InChI is InChI=1S/C14H19NO2S/c1-17-11-3-10-15-14(16)9-6-12-4-7-13(18-2)8-5-12/h4-9H,3,10-11H2,1-2H3,(H,15,16)/b9-6+. The van der Waals surface area contributed by atoms with Crippen molar-refractivity contribution in [3.8, 4) is 0 Å². The highest BCUT2D eigenvalue weighted by Gasteiger charge is 1.95. The van der Waals surface area contributed by atoms with Crippen LogP contribution in [0.1, 0.15) is 12.0 Å². The Kier molecular flexibility index (Phi) is 7.22. The maximum Gasteiger partial charge on any atom is 0.244 e. The van der Waals surface area contributed by atoms with Gasteiger partial charge < -0.3 is 10.1 Å². The fourth-order valence-electron chi connectivity index (χ4n) is 1.37. The highest BCUT2D eigenvalue weighted by Crippen LogP contribution is 2.15. The highest BCUT2D eigenvalue weighted by atomic mass is 32.2. The number of rotatable bonds is 7. The van der Waals surface area contributed by atoms with Crippen LogP contribution in [0.3, 0.4) is 0 Å². The predicted octanol–water partition coefficient (Wildman–Crippen LogP) is 2.57. The lowest BCUT2D eigenvalue weighted by molar-refractivity contribution is -0.116. The van der Waals surface area contributed by atoms with Crippen LogP contribution in [0.4, 0.5) is 0 Å². The van der Waals surface area contributed by atoms with E-state index < -0.39 is 0 Å². The first kappa shape index (κ1) is 14.8. The summed E-state index contributed by atoms with van der Waals surface area (Å²) in [7, 11) is 1.65. The summed E-state index contributed by atoms with van der Waals surface area (Å²) in [6.45, 7) is 1.31. The number of nitrogens with one attached hydrogen (secondary N) is 1. The number of benzene rings is 1. The highest BCUT2D eigenvalue weighted by molar-refractivity contribution is 7.98. The Balaban J connectivity index is 2.35.